The first kappa shape index (κ1) is 20.3. The Kier molecular flexibility index (Phi) is 5.42. The molecular formula is C28H28O2. The van der Waals surface area contributed by atoms with E-state index in [-0.39, 0.29) is 29.3 Å². The van der Waals surface area contributed by atoms with Crippen molar-refractivity contribution >= 4 is 11.6 Å². The smallest absolute Gasteiger partial charge is 0.166 e. The van der Waals surface area contributed by atoms with Crippen molar-refractivity contribution in [2.45, 2.75) is 32.6 Å². The molecule has 3 aromatic rings. The lowest BCUT2D eigenvalue weighted by Crippen LogP contribution is -2.40. The van der Waals surface area contributed by atoms with E-state index in [9.17, 15) is 9.59 Å². The van der Waals surface area contributed by atoms with Gasteiger partial charge in [0.15, 0.2) is 5.78 Å². The Bertz CT molecular complexity index is 1030. The van der Waals surface area contributed by atoms with Crippen LogP contribution >= 0.6 is 0 Å². The van der Waals surface area contributed by atoms with E-state index in [0.29, 0.717) is 5.56 Å². The third-order valence-electron chi connectivity index (χ3n) is 7.18. The molecule has 0 N–H and O–H groups in total. The summed E-state index contributed by atoms with van der Waals surface area (Å²) in [5.74, 6) is -0.388. The quantitative estimate of drug-likeness (QED) is 0.474. The zero-order valence-electron chi connectivity index (χ0n) is 17.8. The molecular weight excluding hydrogens is 368 g/mol. The Morgan fingerprint density at radius 1 is 0.800 bits per heavy atom. The molecule has 1 saturated carbocycles. The molecule has 1 unspecified atom stereocenters. The topological polar surface area (TPSA) is 34.1 Å². The van der Waals surface area contributed by atoms with Crippen LogP contribution in [0.3, 0.4) is 0 Å². The molecule has 0 aromatic heterocycles. The second-order valence-electron chi connectivity index (χ2n) is 8.71. The van der Waals surface area contributed by atoms with E-state index in [0.717, 1.165) is 11.1 Å². The Labute approximate surface area is 179 Å². The Hall–Kier alpha value is -3.00. The standard InChI is InChI=1S/C28H28O2/c1-19-24(21-13-7-4-8-14-21)25(22-15-9-5-10-16-22)28(3,27(19)30)20(2)26(29)23-17-11-6-12-18-23/h4-20,24-25H,1-3H3/t19-,20?,24+,25+,28-/m1/s1. The summed E-state index contributed by atoms with van der Waals surface area (Å²) in [6.45, 7) is 5.97. The lowest BCUT2D eigenvalue weighted by molar-refractivity contribution is -0.129. The minimum Gasteiger partial charge on any atom is -0.299 e. The van der Waals surface area contributed by atoms with Gasteiger partial charge in [-0.25, -0.2) is 0 Å². The van der Waals surface area contributed by atoms with Crippen LogP contribution in [-0.4, -0.2) is 11.6 Å². The summed E-state index contributed by atoms with van der Waals surface area (Å²) in [6.07, 6.45) is 0. The van der Waals surface area contributed by atoms with Gasteiger partial charge in [-0.2, -0.15) is 0 Å². The lowest BCUT2D eigenvalue weighted by atomic mass is 9.63. The molecule has 0 bridgehead atoms. The van der Waals surface area contributed by atoms with Crippen molar-refractivity contribution in [3.63, 3.8) is 0 Å². The minimum absolute atomic E-state index is 0.0355. The highest BCUT2D eigenvalue weighted by Gasteiger charge is 2.60. The zero-order valence-corrected chi connectivity index (χ0v) is 17.8. The van der Waals surface area contributed by atoms with Crippen LogP contribution in [0.25, 0.3) is 0 Å². The maximum atomic E-state index is 13.8. The van der Waals surface area contributed by atoms with Crippen molar-refractivity contribution in [3.8, 4) is 0 Å². The van der Waals surface area contributed by atoms with Gasteiger partial charge in [0, 0.05) is 34.7 Å². The average molecular weight is 397 g/mol. The molecule has 4 rings (SSSR count). The molecule has 0 aliphatic heterocycles. The van der Waals surface area contributed by atoms with Crippen molar-refractivity contribution in [1.82, 2.24) is 0 Å². The fourth-order valence-electron chi connectivity index (χ4n) is 5.45. The van der Waals surface area contributed by atoms with Crippen molar-refractivity contribution in [2.24, 2.45) is 17.3 Å². The number of carbonyl (C=O) groups excluding carboxylic acids is 2. The normalized spacial score (nSPS) is 27.0. The molecule has 0 spiro atoms. The van der Waals surface area contributed by atoms with Crippen molar-refractivity contribution in [2.75, 3.05) is 0 Å². The molecule has 1 aliphatic carbocycles. The molecule has 30 heavy (non-hydrogen) atoms. The summed E-state index contributed by atoms with van der Waals surface area (Å²) in [5.41, 5.74) is 2.17. The highest BCUT2D eigenvalue weighted by atomic mass is 16.1. The van der Waals surface area contributed by atoms with E-state index in [1.165, 1.54) is 0 Å². The summed E-state index contributed by atoms with van der Waals surface area (Å²) < 4.78 is 0. The summed E-state index contributed by atoms with van der Waals surface area (Å²) in [5, 5.41) is 0. The third-order valence-corrected chi connectivity index (χ3v) is 7.18. The SMILES string of the molecule is CC(C(=O)c1ccccc1)[C@@]1(C)C(=O)[C@H](C)[C@@H](c2ccccc2)[C@@H]1c1ccccc1. The number of carbonyl (C=O) groups is 2. The summed E-state index contributed by atoms with van der Waals surface area (Å²) in [6, 6.07) is 29.9. The number of rotatable bonds is 5. The van der Waals surface area contributed by atoms with Crippen LogP contribution in [0.2, 0.25) is 0 Å². The Morgan fingerprint density at radius 3 is 1.80 bits per heavy atom. The summed E-state index contributed by atoms with van der Waals surface area (Å²) in [4.78, 5) is 27.3. The van der Waals surface area contributed by atoms with Crippen molar-refractivity contribution < 1.29 is 9.59 Å². The first-order valence-electron chi connectivity index (χ1n) is 10.7. The lowest BCUT2D eigenvalue weighted by Gasteiger charge is -2.37. The van der Waals surface area contributed by atoms with Crippen LogP contribution in [0.4, 0.5) is 0 Å². The fraction of sp³-hybridized carbons (Fsp3) is 0.286. The number of hydrogen-bond acceptors (Lipinski definition) is 2. The second kappa shape index (κ2) is 8.02. The summed E-state index contributed by atoms with van der Waals surface area (Å²) >= 11 is 0. The highest BCUT2D eigenvalue weighted by molar-refractivity contribution is 6.03. The maximum absolute atomic E-state index is 13.8. The Balaban J connectivity index is 1.86. The van der Waals surface area contributed by atoms with Crippen LogP contribution in [-0.2, 0) is 4.79 Å². The van der Waals surface area contributed by atoms with Gasteiger partial charge in [0.05, 0.1) is 0 Å². The number of Topliss-reactive ketones (excluding diaryl/α,β-unsaturated/α-hetero) is 2. The predicted octanol–water partition coefficient (Wildman–Crippen LogP) is 6.30. The monoisotopic (exact) mass is 396 g/mol. The number of ketones is 2. The molecule has 0 saturated heterocycles. The largest absolute Gasteiger partial charge is 0.299 e. The van der Waals surface area contributed by atoms with E-state index in [4.69, 9.17) is 0 Å². The molecule has 0 radical (unpaired) electrons. The first-order valence-corrected chi connectivity index (χ1v) is 10.7. The summed E-state index contributed by atoms with van der Waals surface area (Å²) in [7, 11) is 0. The Morgan fingerprint density at radius 2 is 1.27 bits per heavy atom. The van der Waals surface area contributed by atoms with Gasteiger partial charge in [0.1, 0.15) is 5.78 Å². The maximum Gasteiger partial charge on any atom is 0.166 e. The molecule has 1 fully saturated rings. The fourth-order valence-corrected chi connectivity index (χ4v) is 5.45. The molecule has 0 amide bonds. The molecule has 5 atom stereocenters. The van der Waals surface area contributed by atoms with Crippen LogP contribution in [0, 0.1) is 17.3 Å². The van der Waals surface area contributed by atoms with Crippen LogP contribution in [0.15, 0.2) is 91.0 Å². The van der Waals surface area contributed by atoms with Gasteiger partial charge in [0.25, 0.3) is 0 Å². The van der Waals surface area contributed by atoms with Crippen molar-refractivity contribution in [3.05, 3.63) is 108 Å². The molecule has 2 heteroatoms. The van der Waals surface area contributed by atoms with Gasteiger partial charge in [-0.05, 0) is 11.1 Å². The van der Waals surface area contributed by atoms with E-state index in [1.807, 2.05) is 87.5 Å². The van der Waals surface area contributed by atoms with E-state index >= 15 is 0 Å². The third kappa shape index (κ3) is 3.21. The van der Waals surface area contributed by atoms with Gasteiger partial charge < -0.3 is 0 Å². The van der Waals surface area contributed by atoms with Gasteiger partial charge in [-0.15, -0.1) is 0 Å². The predicted molar refractivity (Wildman–Crippen MR) is 121 cm³/mol. The van der Waals surface area contributed by atoms with Crippen LogP contribution in [0.1, 0.15) is 54.1 Å². The molecule has 0 heterocycles. The zero-order chi connectivity index (χ0) is 21.3. The van der Waals surface area contributed by atoms with Gasteiger partial charge in [-0.3, -0.25) is 9.59 Å². The van der Waals surface area contributed by atoms with E-state index in [2.05, 4.69) is 24.3 Å². The minimum atomic E-state index is -0.784. The van der Waals surface area contributed by atoms with E-state index in [1.54, 1.807) is 0 Å². The molecule has 3 aromatic carbocycles. The molecule has 1 aliphatic rings. The number of hydrogen-bond donors (Lipinski definition) is 0. The van der Waals surface area contributed by atoms with Gasteiger partial charge in [0.2, 0.25) is 0 Å². The van der Waals surface area contributed by atoms with Crippen LogP contribution < -0.4 is 0 Å². The van der Waals surface area contributed by atoms with Crippen LogP contribution in [0.5, 0.6) is 0 Å². The average Bonchev–Trinajstić information content (AvgIpc) is 3.01. The van der Waals surface area contributed by atoms with Gasteiger partial charge in [-0.1, -0.05) is 112 Å². The highest BCUT2D eigenvalue weighted by Crippen LogP contribution is 2.60. The molecule has 2 nitrogen and oxygen atoms in total. The second-order valence-corrected chi connectivity index (χ2v) is 8.71. The van der Waals surface area contributed by atoms with Gasteiger partial charge >= 0.3 is 0 Å². The van der Waals surface area contributed by atoms with Crippen molar-refractivity contribution in [1.29, 1.82) is 0 Å². The number of benzene rings is 3. The van der Waals surface area contributed by atoms with E-state index < -0.39 is 11.3 Å². The first-order chi connectivity index (χ1) is 14.5. The molecule has 152 valence electrons.